The lowest BCUT2D eigenvalue weighted by Crippen LogP contribution is -2.29. The Morgan fingerprint density at radius 2 is 1.59 bits per heavy atom. The molecule has 4 rings (SSSR count). The smallest absolute Gasteiger partial charge is 0.238 e. The van der Waals surface area contributed by atoms with Crippen LogP contribution in [0, 0.1) is 0 Å². The number of fused-ring (bicyclic) bond motifs is 1. The summed E-state index contributed by atoms with van der Waals surface area (Å²) in [4.78, 5) is 18.6. The van der Waals surface area contributed by atoms with Gasteiger partial charge in [-0.05, 0) is 35.7 Å². The van der Waals surface area contributed by atoms with Gasteiger partial charge in [-0.25, -0.2) is 0 Å². The molecule has 1 heterocycles. The highest BCUT2D eigenvalue weighted by molar-refractivity contribution is 8.00. The number of thioether (sulfide) groups is 1. The molecule has 0 bridgehead atoms. The molecular weight excluding hydrogens is 376 g/mol. The molecule has 1 N–H and O–H groups in total. The van der Waals surface area contributed by atoms with E-state index in [-0.39, 0.29) is 11.2 Å². The van der Waals surface area contributed by atoms with Gasteiger partial charge in [0.05, 0.1) is 5.52 Å². The van der Waals surface area contributed by atoms with E-state index in [2.05, 4.69) is 28.5 Å². The summed E-state index contributed by atoms with van der Waals surface area (Å²) in [5.74, 6) is 0.0262. The Labute approximate surface area is 175 Å². The van der Waals surface area contributed by atoms with Crippen molar-refractivity contribution in [2.75, 3.05) is 6.54 Å². The van der Waals surface area contributed by atoms with Crippen LogP contribution in [0.1, 0.15) is 16.4 Å². The van der Waals surface area contributed by atoms with Crippen molar-refractivity contribution < 1.29 is 4.79 Å². The zero-order valence-corrected chi connectivity index (χ0v) is 16.8. The molecule has 0 spiro atoms. The van der Waals surface area contributed by atoms with Crippen LogP contribution in [0.25, 0.3) is 10.9 Å². The van der Waals surface area contributed by atoms with E-state index in [4.69, 9.17) is 0 Å². The minimum absolute atomic E-state index is 0.0262. The molecule has 0 aliphatic rings. The monoisotopic (exact) mass is 398 g/mol. The van der Waals surface area contributed by atoms with Crippen molar-refractivity contribution in [1.82, 2.24) is 10.3 Å². The van der Waals surface area contributed by atoms with Gasteiger partial charge in [0.25, 0.3) is 0 Å². The number of aromatic nitrogens is 1. The van der Waals surface area contributed by atoms with Crippen LogP contribution in [0.2, 0.25) is 0 Å². The summed E-state index contributed by atoms with van der Waals surface area (Å²) in [5.41, 5.74) is 3.16. The first kappa shape index (κ1) is 19.2. The largest absolute Gasteiger partial charge is 0.354 e. The maximum atomic E-state index is 13.1. The van der Waals surface area contributed by atoms with Gasteiger partial charge in [0.2, 0.25) is 5.91 Å². The first-order chi connectivity index (χ1) is 14.3. The fraction of sp³-hybridized carbons (Fsp3) is 0.120. The molecule has 4 heteroatoms. The SMILES string of the molecule is O=C(NCCc1cccc2cccnc12)[C@@H](Sc1ccccc1)c1ccccc1. The predicted molar refractivity (Wildman–Crippen MR) is 120 cm³/mol. The number of rotatable bonds is 7. The quantitative estimate of drug-likeness (QED) is 0.422. The Hall–Kier alpha value is -3.11. The molecule has 0 saturated carbocycles. The molecule has 3 aromatic carbocycles. The van der Waals surface area contributed by atoms with Crippen molar-refractivity contribution in [3.63, 3.8) is 0 Å². The number of pyridine rings is 1. The Kier molecular flexibility index (Phi) is 6.22. The number of nitrogens with one attached hydrogen (secondary N) is 1. The van der Waals surface area contributed by atoms with Crippen molar-refractivity contribution >= 4 is 28.6 Å². The Morgan fingerprint density at radius 3 is 2.38 bits per heavy atom. The van der Waals surface area contributed by atoms with Crippen molar-refractivity contribution in [3.8, 4) is 0 Å². The normalized spacial score (nSPS) is 11.9. The highest BCUT2D eigenvalue weighted by Crippen LogP contribution is 2.35. The lowest BCUT2D eigenvalue weighted by molar-refractivity contribution is -0.120. The maximum Gasteiger partial charge on any atom is 0.238 e. The summed E-state index contributed by atoms with van der Waals surface area (Å²) < 4.78 is 0. The maximum absolute atomic E-state index is 13.1. The van der Waals surface area contributed by atoms with Crippen molar-refractivity contribution in [2.45, 2.75) is 16.6 Å². The van der Waals surface area contributed by atoms with E-state index in [1.165, 1.54) is 0 Å². The molecule has 1 amide bonds. The molecule has 4 aromatic rings. The third-order valence-electron chi connectivity index (χ3n) is 4.75. The first-order valence-electron chi connectivity index (χ1n) is 9.68. The van der Waals surface area contributed by atoms with Crippen LogP contribution in [0.15, 0.2) is 102 Å². The van der Waals surface area contributed by atoms with Crippen LogP contribution in [-0.2, 0) is 11.2 Å². The molecular formula is C25H22N2OS. The number of benzene rings is 3. The lowest BCUT2D eigenvalue weighted by Gasteiger charge is -2.17. The van der Waals surface area contributed by atoms with Crippen LogP contribution in [0.4, 0.5) is 0 Å². The molecule has 0 unspecified atom stereocenters. The van der Waals surface area contributed by atoms with Gasteiger partial charge in [-0.2, -0.15) is 0 Å². The van der Waals surface area contributed by atoms with E-state index < -0.39 is 0 Å². The second-order valence-corrected chi connectivity index (χ2v) is 7.93. The molecule has 0 aliphatic carbocycles. The summed E-state index contributed by atoms with van der Waals surface area (Å²) >= 11 is 1.57. The molecule has 0 radical (unpaired) electrons. The molecule has 144 valence electrons. The Balaban J connectivity index is 1.46. The topological polar surface area (TPSA) is 42.0 Å². The van der Waals surface area contributed by atoms with Gasteiger partial charge in [0.15, 0.2) is 0 Å². The fourth-order valence-electron chi connectivity index (χ4n) is 3.32. The number of hydrogen-bond donors (Lipinski definition) is 1. The number of nitrogens with zero attached hydrogens (tertiary/aromatic N) is 1. The molecule has 1 aromatic heterocycles. The number of amides is 1. The van der Waals surface area contributed by atoms with Crippen molar-refractivity contribution in [1.29, 1.82) is 0 Å². The zero-order valence-electron chi connectivity index (χ0n) is 16.0. The first-order valence-corrected chi connectivity index (χ1v) is 10.6. The number of carbonyl (C=O) groups excluding carboxylic acids is 1. The number of hydrogen-bond acceptors (Lipinski definition) is 3. The van der Waals surface area contributed by atoms with Crippen LogP contribution in [0.3, 0.4) is 0 Å². The van der Waals surface area contributed by atoms with Gasteiger partial charge in [0, 0.05) is 23.0 Å². The van der Waals surface area contributed by atoms with Gasteiger partial charge < -0.3 is 5.32 Å². The van der Waals surface area contributed by atoms with Crippen LogP contribution in [0.5, 0.6) is 0 Å². The molecule has 0 aliphatic heterocycles. The van der Waals surface area contributed by atoms with Gasteiger partial charge in [-0.15, -0.1) is 11.8 Å². The van der Waals surface area contributed by atoms with E-state index in [9.17, 15) is 4.79 Å². The van der Waals surface area contributed by atoms with Gasteiger partial charge in [-0.3, -0.25) is 9.78 Å². The fourth-order valence-corrected chi connectivity index (χ4v) is 4.39. The summed E-state index contributed by atoms with van der Waals surface area (Å²) in [6.07, 6.45) is 2.56. The van der Waals surface area contributed by atoms with E-state index >= 15 is 0 Å². The van der Waals surface area contributed by atoms with Gasteiger partial charge >= 0.3 is 0 Å². The van der Waals surface area contributed by atoms with E-state index in [0.29, 0.717) is 6.54 Å². The molecule has 29 heavy (non-hydrogen) atoms. The standard InChI is InChI=1S/C25H22N2OS/c28-25(27-18-16-20-12-7-11-19-13-8-17-26-23(19)20)24(21-9-3-1-4-10-21)29-22-14-5-2-6-15-22/h1-15,17,24H,16,18H2,(H,27,28)/t24-/m0/s1. The Bertz CT molecular complexity index is 1080. The zero-order chi connectivity index (χ0) is 19.9. The molecule has 0 saturated heterocycles. The van der Waals surface area contributed by atoms with Crippen LogP contribution in [-0.4, -0.2) is 17.4 Å². The predicted octanol–water partition coefficient (Wildman–Crippen LogP) is 5.43. The van der Waals surface area contributed by atoms with E-state index in [0.717, 1.165) is 33.3 Å². The van der Waals surface area contributed by atoms with Crippen LogP contribution >= 0.6 is 11.8 Å². The molecule has 0 fully saturated rings. The highest BCUT2D eigenvalue weighted by Gasteiger charge is 2.21. The number of carbonyl (C=O) groups is 1. The average molecular weight is 399 g/mol. The summed E-state index contributed by atoms with van der Waals surface area (Å²) in [6.45, 7) is 0.577. The second-order valence-electron chi connectivity index (χ2n) is 6.75. The number of para-hydroxylation sites is 1. The third kappa shape index (κ3) is 4.84. The third-order valence-corrected chi connectivity index (χ3v) is 6.01. The van der Waals surface area contributed by atoms with Crippen LogP contribution < -0.4 is 5.32 Å². The minimum atomic E-state index is -0.288. The van der Waals surface area contributed by atoms with Gasteiger partial charge in [-0.1, -0.05) is 72.8 Å². The Morgan fingerprint density at radius 1 is 0.862 bits per heavy atom. The van der Waals surface area contributed by atoms with E-state index in [1.54, 1.807) is 11.8 Å². The second kappa shape index (κ2) is 9.39. The van der Waals surface area contributed by atoms with E-state index in [1.807, 2.05) is 79.0 Å². The van der Waals surface area contributed by atoms with Crippen molar-refractivity contribution in [3.05, 3.63) is 108 Å². The summed E-state index contributed by atoms with van der Waals surface area (Å²) in [6, 6.07) is 30.2. The highest BCUT2D eigenvalue weighted by atomic mass is 32.2. The molecule has 1 atom stereocenters. The summed E-state index contributed by atoms with van der Waals surface area (Å²) in [7, 11) is 0. The lowest BCUT2D eigenvalue weighted by atomic mass is 10.1. The molecule has 3 nitrogen and oxygen atoms in total. The summed E-state index contributed by atoms with van der Waals surface area (Å²) in [5, 5.41) is 3.96. The van der Waals surface area contributed by atoms with Gasteiger partial charge in [0.1, 0.15) is 5.25 Å². The van der Waals surface area contributed by atoms with Crippen molar-refractivity contribution in [2.24, 2.45) is 0 Å². The average Bonchev–Trinajstić information content (AvgIpc) is 2.79. The minimum Gasteiger partial charge on any atom is -0.354 e.